The standard InChI is InChI=1S/C19H21N5O3S/c1-13-3-8-17(14(2)11-13)27-10-9-20-18(26)12-28-19-21-22-23-24(19)15-4-6-16(25)7-5-15/h3-8,11,25H,9-10,12H2,1-2H3,(H,20,26). The first-order valence-corrected chi connectivity index (χ1v) is 9.69. The summed E-state index contributed by atoms with van der Waals surface area (Å²) in [5.41, 5.74) is 2.96. The lowest BCUT2D eigenvalue weighted by molar-refractivity contribution is -0.118. The highest BCUT2D eigenvalue weighted by atomic mass is 32.2. The molecule has 0 radical (unpaired) electrons. The van der Waals surface area contributed by atoms with Crippen LogP contribution in [0.5, 0.6) is 11.5 Å². The average molecular weight is 399 g/mol. The number of amides is 1. The lowest BCUT2D eigenvalue weighted by atomic mass is 10.1. The molecule has 0 aliphatic carbocycles. The van der Waals surface area contributed by atoms with Crippen molar-refractivity contribution in [3.63, 3.8) is 0 Å². The number of phenols is 1. The summed E-state index contributed by atoms with van der Waals surface area (Å²) in [7, 11) is 0. The third-order valence-electron chi connectivity index (χ3n) is 3.88. The molecule has 1 amide bonds. The summed E-state index contributed by atoms with van der Waals surface area (Å²) in [5.74, 6) is 1.03. The molecule has 0 spiro atoms. The van der Waals surface area contributed by atoms with E-state index in [1.54, 1.807) is 24.3 Å². The zero-order valence-electron chi connectivity index (χ0n) is 15.6. The fraction of sp³-hybridized carbons (Fsp3) is 0.263. The number of benzene rings is 2. The van der Waals surface area contributed by atoms with Crippen molar-refractivity contribution in [2.45, 2.75) is 19.0 Å². The summed E-state index contributed by atoms with van der Waals surface area (Å²) in [6.45, 7) is 4.84. The number of carbonyl (C=O) groups is 1. The first-order valence-electron chi connectivity index (χ1n) is 8.70. The van der Waals surface area contributed by atoms with E-state index in [2.05, 4.69) is 26.9 Å². The number of ether oxygens (including phenoxy) is 1. The quantitative estimate of drug-likeness (QED) is 0.442. The Balaban J connectivity index is 1.44. The highest BCUT2D eigenvalue weighted by Gasteiger charge is 2.11. The number of phenolic OH excluding ortho intramolecular Hbond substituents is 1. The van der Waals surface area contributed by atoms with Crippen molar-refractivity contribution in [3.8, 4) is 17.2 Å². The van der Waals surface area contributed by atoms with Crippen molar-refractivity contribution in [2.24, 2.45) is 0 Å². The Morgan fingerprint density at radius 2 is 2.00 bits per heavy atom. The lowest BCUT2D eigenvalue weighted by Gasteiger charge is -2.10. The molecular formula is C19H21N5O3S. The van der Waals surface area contributed by atoms with Gasteiger partial charge in [0.05, 0.1) is 18.0 Å². The van der Waals surface area contributed by atoms with Gasteiger partial charge in [-0.15, -0.1) is 5.10 Å². The van der Waals surface area contributed by atoms with Crippen LogP contribution in [0.25, 0.3) is 5.69 Å². The predicted molar refractivity (Wildman–Crippen MR) is 106 cm³/mol. The van der Waals surface area contributed by atoms with Gasteiger partial charge in [-0.2, -0.15) is 4.68 Å². The van der Waals surface area contributed by atoms with Crippen LogP contribution >= 0.6 is 11.8 Å². The van der Waals surface area contributed by atoms with Crippen LogP contribution in [0, 0.1) is 13.8 Å². The van der Waals surface area contributed by atoms with Crippen LogP contribution < -0.4 is 10.1 Å². The summed E-state index contributed by atoms with van der Waals surface area (Å²) in [4.78, 5) is 12.1. The minimum Gasteiger partial charge on any atom is -0.508 e. The fourth-order valence-electron chi connectivity index (χ4n) is 2.52. The van der Waals surface area contributed by atoms with Gasteiger partial charge < -0.3 is 15.2 Å². The molecule has 146 valence electrons. The van der Waals surface area contributed by atoms with Gasteiger partial charge >= 0.3 is 0 Å². The van der Waals surface area contributed by atoms with Crippen molar-refractivity contribution in [2.75, 3.05) is 18.9 Å². The van der Waals surface area contributed by atoms with E-state index >= 15 is 0 Å². The van der Waals surface area contributed by atoms with Crippen LogP contribution in [0.3, 0.4) is 0 Å². The second kappa shape index (κ2) is 9.23. The number of nitrogens with zero attached hydrogens (tertiary/aromatic N) is 4. The SMILES string of the molecule is Cc1ccc(OCCNC(=O)CSc2nnnn2-c2ccc(O)cc2)c(C)c1. The van der Waals surface area contributed by atoms with Gasteiger partial charge in [-0.3, -0.25) is 4.79 Å². The lowest BCUT2D eigenvalue weighted by Crippen LogP contribution is -2.29. The molecule has 1 heterocycles. The van der Waals surface area contributed by atoms with Crippen LogP contribution in [0.4, 0.5) is 0 Å². The highest BCUT2D eigenvalue weighted by molar-refractivity contribution is 7.99. The predicted octanol–water partition coefficient (Wildman–Crippen LogP) is 2.27. The van der Waals surface area contributed by atoms with E-state index < -0.39 is 0 Å². The first kappa shape index (κ1) is 19.7. The van der Waals surface area contributed by atoms with E-state index in [9.17, 15) is 9.90 Å². The Kier molecular flexibility index (Phi) is 6.49. The highest BCUT2D eigenvalue weighted by Crippen LogP contribution is 2.20. The number of carbonyl (C=O) groups excluding carboxylic acids is 1. The summed E-state index contributed by atoms with van der Waals surface area (Å²) in [5, 5.41) is 24.2. The Bertz CT molecular complexity index is 943. The number of hydrogen-bond donors (Lipinski definition) is 2. The Hall–Kier alpha value is -3.07. The normalized spacial score (nSPS) is 10.6. The van der Waals surface area contributed by atoms with Gasteiger partial charge in [0.1, 0.15) is 18.1 Å². The Labute approximate surface area is 166 Å². The number of tetrazole rings is 1. The molecule has 0 atom stereocenters. The van der Waals surface area contributed by atoms with Crippen LogP contribution in [0.15, 0.2) is 47.6 Å². The number of rotatable bonds is 8. The molecule has 0 fully saturated rings. The maximum absolute atomic E-state index is 12.1. The molecule has 2 aromatic carbocycles. The van der Waals surface area contributed by atoms with Crippen molar-refractivity contribution < 1.29 is 14.6 Å². The van der Waals surface area contributed by atoms with Crippen LogP contribution in [-0.2, 0) is 4.79 Å². The number of nitrogens with one attached hydrogen (secondary N) is 1. The minimum atomic E-state index is -0.130. The van der Waals surface area contributed by atoms with Crippen molar-refractivity contribution in [1.29, 1.82) is 0 Å². The summed E-state index contributed by atoms with van der Waals surface area (Å²) in [6.07, 6.45) is 0. The molecule has 0 unspecified atom stereocenters. The summed E-state index contributed by atoms with van der Waals surface area (Å²) >= 11 is 1.23. The molecule has 0 bridgehead atoms. The van der Waals surface area contributed by atoms with E-state index in [1.807, 2.05) is 26.0 Å². The van der Waals surface area contributed by atoms with E-state index in [1.165, 1.54) is 22.0 Å². The maximum atomic E-state index is 12.1. The van der Waals surface area contributed by atoms with Gasteiger partial charge in [0.15, 0.2) is 0 Å². The van der Waals surface area contributed by atoms with E-state index in [-0.39, 0.29) is 17.4 Å². The summed E-state index contributed by atoms with van der Waals surface area (Å²) in [6, 6.07) is 12.5. The molecule has 3 aromatic rings. The monoisotopic (exact) mass is 399 g/mol. The Morgan fingerprint density at radius 3 is 2.75 bits per heavy atom. The van der Waals surface area contributed by atoms with Gasteiger partial charge in [0, 0.05) is 0 Å². The fourth-order valence-corrected chi connectivity index (χ4v) is 3.24. The largest absolute Gasteiger partial charge is 0.508 e. The van der Waals surface area contributed by atoms with E-state index in [4.69, 9.17) is 4.74 Å². The van der Waals surface area contributed by atoms with E-state index in [0.29, 0.717) is 24.0 Å². The van der Waals surface area contributed by atoms with Crippen molar-refractivity contribution >= 4 is 17.7 Å². The third-order valence-corrected chi connectivity index (χ3v) is 4.80. The minimum absolute atomic E-state index is 0.130. The molecule has 2 N–H and O–H groups in total. The van der Waals surface area contributed by atoms with Gasteiger partial charge in [-0.25, -0.2) is 0 Å². The first-order chi connectivity index (χ1) is 13.5. The van der Waals surface area contributed by atoms with Crippen LogP contribution in [0.1, 0.15) is 11.1 Å². The van der Waals surface area contributed by atoms with Gasteiger partial charge in [-0.05, 0) is 60.2 Å². The molecule has 8 nitrogen and oxygen atoms in total. The average Bonchev–Trinajstić information content (AvgIpc) is 3.14. The molecule has 0 aliphatic heterocycles. The molecule has 0 saturated carbocycles. The van der Waals surface area contributed by atoms with Crippen LogP contribution in [0.2, 0.25) is 0 Å². The number of hydrogen-bond acceptors (Lipinski definition) is 7. The third kappa shape index (κ3) is 5.23. The molecule has 1 aromatic heterocycles. The van der Waals surface area contributed by atoms with Gasteiger partial charge in [0.25, 0.3) is 0 Å². The molecule has 9 heteroatoms. The number of aromatic hydroxyl groups is 1. The molecule has 28 heavy (non-hydrogen) atoms. The maximum Gasteiger partial charge on any atom is 0.230 e. The Morgan fingerprint density at radius 1 is 1.21 bits per heavy atom. The number of aromatic nitrogens is 4. The van der Waals surface area contributed by atoms with Gasteiger partial charge in [-0.1, -0.05) is 29.5 Å². The number of thioether (sulfide) groups is 1. The van der Waals surface area contributed by atoms with Crippen LogP contribution in [-0.4, -0.2) is 50.1 Å². The number of aryl methyl sites for hydroxylation is 2. The second-order valence-corrected chi connectivity index (χ2v) is 7.09. The zero-order chi connectivity index (χ0) is 19.9. The van der Waals surface area contributed by atoms with Gasteiger partial charge in [0.2, 0.25) is 11.1 Å². The summed E-state index contributed by atoms with van der Waals surface area (Å²) < 4.78 is 7.22. The van der Waals surface area contributed by atoms with E-state index in [0.717, 1.165) is 11.3 Å². The smallest absolute Gasteiger partial charge is 0.230 e. The van der Waals surface area contributed by atoms with Crippen molar-refractivity contribution in [3.05, 3.63) is 53.6 Å². The molecule has 3 rings (SSSR count). The molecule has 0 aliphatic rings. The molecular weight excluding hydrogens is 378 g/mol. The zero-order valence-corrected chi connectivity index (χ0v) is 16.4. The second-order valence-electron chi connectivity index (χ2n) is 6.15. The topological polar surface area (TPSA) is 102 Å². The van der Waals surface area contributed by atoms with Crippen molar-refractivity contribution in [1.82, 2.24) is 25.5 Å². The molecule has 0 saturated heterocycles.